The molecule has 0 heterocycles. The molecule has 0 spiro atoms. The van der Waals surface area contributed by atoms with Crippen molar-refractivity contribution >= 4 is 17.6 Å². The minimum Gasteiger partial charge on any atom is -0.466 e. The first-order valence-electron chi connectivity index (χ1n) is 6.13. The first kappa shape index (κ1) is 15.0. The predicted octanol–water partition coefficient (Wildman–Crippen LogP) is 3.11. The van der Waals surface area contributed by atoms with E-state index >= 15 is 0 Å². The molecule has 0 bridgehead atoms. The van der Waals surface area contributed by atoms with Gasteiger partial charge in [0.15, 0.2) is 0 Å². The summed E-state index contributed by atoms with van der Waals surface area (Å²) < 4.78 is 4.95. The smallest absolute Gasteiger partial charge is 0.307 e. The third-order valence-corrected chi connectivity index (χ3v) is 3.12. The van der Waals surface area contributed by atoms with Crippen LogP contribution in [0.2, 0.25) is 5.02 Å². The molecule has 3 nitrogen and oxygen atoms in total. The highest BCUT2D eigenvalue weighted by atomic mass is 35.5. The summed E-state index contributed by atoms with van der Waals surface area (Å²) in [5.41, 5.74) is 1.18. The zero-order chi connectivity index (χ0) is 13.5. The van der Waals surface area contributed by atoms with Crippen LogP contribution in [0.1, 0.15) is 25.8 Å². The molecule has 0 aliphatic carbocycles. The quantitative estimate of drug-likeness (QED) is 0.743. The minimum atomic E-state index is -0.145. The Labute approximate surface area is 114 Å². The Kier molecular flexibility index (Phi) is 6.16. The van der Waals surface area contributed by atoms with Crippen LogP contribution in [0.4, 0.5) is 0 Å². The number of carbonyl (C=O) groups excluding carboxylic acids is 1. The highest BCUT2D eigenvalue weighted by Gasteiger charge is 2.14. The Morgan fingerprint density at radius 1 is 1.39 bits per heavy atom. The van der Waals surface area contributed by atoms with E-state index < -0.39 is 0 Å². The van der Waals surface area contributed by atoms with Gasteiger partial charge >= 0.3 is 5.97 Å². The van der Waals surface area contributed by atoms with E-state index in [1.165, 1.54) is 5.56 Å². The summed E-state index contributed by atoms with van der Waals surface area (Å²) in [6.45, 7) is 5.07. The first-order chi connectivity index (χ1) is 8.52. The summed E-state index contributed by atoms with van der Waals surface area (Å²) in [6, 6.07) is 7.90. The number of rotatable bonds is 6. The molecule has 1 unspecified atom stereocenters. The van der Waals surface area contributed by atoms with Gasteiger partial charge in [0.25, 0.3) is 0 Å². The average molecular weight is 270 g/mol. The molecule has 18 heavy (non-hydrogen) atoms. The van der Waals surface area contributed by atoms with Crippen LogP contribution in [-0.2, 0) is 16.1 Å². The molecule has 4 heteroatoms. The largest absolute Gasteiger partial charge is 0.466 e. The molecule has 0 N–H and O–H groups in total. The van der Waals surface area contributed by atoms with Crippen molar-refractivity contribution in [1.29, 1.82) is 0 Å². The fourth-order valence-corrected chi connectivity index (χ4v) is 1.78. The second-order valence-electron chi connectivity index (χ2n) is 4.40. The van der Waals surface area contributed by atoms with Crippen molar-refractivity contribution in [3.8, 4) is 0 Å². The standard InChI is InChI=1S/C14H20ClNO2/c1-4-18-14(17)9-11(2)16(3)10-12-5-7-13(15)8-6-12/h5-8,11H,4,9-10H2,1-3H3. The molecule has 100 valence electrons. The number of hydrogen-bond donors (Lipinski definition) is 0. The lowest BCUT2D eigenvalue weighted by Gasteiger charge is -2.24. The second kappa shape index (κ2) is 7.39. The number of ether oxygens (including phenoxy) is 1. The van der Waals surface area contributed by atoms with Gasteiger partial charge in [0.2, 0.25) is 0 Å². The normalized spacial score (nSPS) is 12.5. The monoisotopic (exact) mass is 269 g/mol. The summed E-state index contributed by atoms with van der Waals surface area (Å²) >= 11 is 5.84. The molecule has 0 aliphatic rings. The van der Waals surface area contributed by atoms with Gasteiger partial charge in [-0.15, -0.1) is 0 Å². The zero-order valence-corrected chi connectivity index (χ0v) is 11.9. The predicted molar refractivity (Wildman–Crippen MR) is 73.6 cm³/mol. The number of halogens is 1. The molecule has 0 aliphatic heterocycles. The lowest BCUT2D eigenvalue weighted by atomic mass is 10.1. The van der Waals surface area contributed by atoms with E-state index in [0.717, 1.165) is 11.6 Å². The van der Waals surface area contributed by atoms with Crippen molar-refractivity contribution in [1.82, 2.24) is 4.90 Å². The molecule has 1 aromatic rings. The second-order valence-corrected chi connectivity index (χ2v) is 4.84. The maximum Gasteiger partial charge on any atom is 0.307 e. The molecule has 0 fully saturated rings. The summed E-state index contributed by atoms with van der Waals surface area (Å²) in [7, 11) is 2.00. The van der Waals surface area contributed by atoms with Crippen molar-refractivity contribution < 1.29 is 9.53 Å². The van der Waals surface area contributed by atoms with Gasteiger partial charge in [-0.05, 0) is 38.6 Å². The van der Waals surface area contributed by atoms with Gasteiger partial charge in [0.05, 0.1) is 13.0 Å². The third-order valence-electron chi connectivity index (χ3n) is 2.87. The summed E-state index contributed by atoms with van der Waals surface area (Å²) in [4.78, 5) is 13.5. The fourth-order valence-electron chi connectivity index (χ4n) is 1.65. The number of nitrogens with zero attached hydrogens (tertiary/aromatic N) is 1. The SMILES string of the molecule is CCOC(=O)CC(C)N(C)Cc1ccc(Cl)cc1. The topological polar surface area (TPSA) is 29.5 Å². The molecule has 0 amide bonds. The van der Waals surface area contributed by atoms with Crippen LogP contribution in [0.25, 0.3) is 0 Å². The third kappa shape index (κ3) is 5.07. The summed E-state index contributed by atoms with van der Waals surface area (Å²) in [5, 5.41) is 0.737. The molecule has 0 radical (unpaired) electrons. The molecule has 1 aromatic carbocycles. The van der Waals surface area contributed by atoms with Crippen LogP contribution in [0.15, 0.2) is 24.3 Å². The Morgan fingerprint density at radius 3 is 2.56 bits per heavy atom. The first-order valence-corrected chi connectivity index (χ1v) is 6.51. The van der Waals surface area contributed by atoms with Crippen molar-refractivity contribution in [2.45, 2.75) is 32.9 Å². The van der Waals surface area contributed by atoms with Gasteiger partial charge in [-0.2, -0.15) is 0 Å². The van der Waals surface area contributed by atoms with E-state index in [1.807, 2.05) is 45.2 Å². The maximum absolute atomic E-state index is 11.4. The van der Waals surface area contributed by atoms with E-state index in [-0.39, 0.29) is 12.0 Å². The highest BCUT2D eigenvalue weighted by molar-refractivity contribution is 6.30. The van der Waals surface area contributed by atoms with Crippen LogP contribution in [0.3, 0.4) is 0 Å². The fraction of sp³-hybridized carbons (Fsp3) is 0.500. The van der Waals surface area contributed by atoms with Crippen molar-refractivity contribution in [3.05, 3.63) is 34.9 Å². The van der Waals surface area contributed by atoms with E-state index in [2.05, 4.69) is 4.90 Å². The van der Waals surface area contributed by atoms with Gasteiger partial charge in [0.1, 0.15) is 0 Å². The molecule has 0 saturated carbocycles. The number of benzene rings is 1. The minimum absolute atomic E-state index is 0.145. The number of carbonyl (C=O) groups is 1. The van der Waals surface area contributed by atoms with Crippen molar-refractivity contribution in [2.24, 2.45) is 0 Å². The van der Waals surface area contributed by atoms with E-state index in [9.17, 15) is 4.79 Å². The summed E-state index contributed by atoms with van der Waals surface area (Å²) in [5.74, 6) is -0.145. The van der Waals surface area contributed by atoms with Crippen LogP contribution in [0.5, 0.6) is 0 Å². The van der Waals surface area contributed by atoms with Gasteiger partial charge in [-0.3, -0.25) is 9.69 Å². The number of hydrogen-bond acceptors (Lipinski definition) is 3. The van der Waals surface area contributed by atoms with Gasteiger partial charge < -0.3 is 4.74 Å². The van der Waals surface area contributed by atoms with Gasteiger partial charge in [0, 0.05) is 17.6 Å². The maximum atomic E-state index is 11.4. The molecule has 1 rings (SSSR count). The Morgan fingerprint density at radius 2 is 2.00 bits per heavy atom. The average Bonchev–Trinajstić information content (AvgIpc) is 2.32. The molecule has 0 saturated heterocycles. The lowest BCUT2D eigenvalue weighted by molar-refractivity contribution is -0.144. The van der Waals surface area contributed by atoms with Crippen molar-refractivity contribution in [3.63, 3.8) is 0 Å². The van der Waals surface area contributed by atoms with Crippen LogP contribution in [-0.4, -0.2) is 30.6 Å². The van der Waals surface area contributed by atoms with Crippen LogP contribution >= 0.6 is 11.6 Å². The summed E-state index contributed by atoms with van der Waals surface area (Å²) in [6.07, 6.45) is 0.415. The molecular formula is C14H20ClNO2. The number of esters is 1. The molecule has 0 aromatic heterocycles. The Hall–Kier alpha value is -1.06. The van der Waals surface area contributed by atoms with E-state index in [0.29, 0.717) is 13.0 Å². The molecular weight excluding hydrogens is 250 g/mol. The van der Waals surface area contributed by atoms with Crippen molar-refractivity contribution in [2.75, 3.05) is 13.7 Å². The van der Waals surface area contributed by atoms with Crippen LogP contribution in [0, 0.1) is 0 Å². The van der Waals surface area contributed by atoms with Crippen LogP contribution < -0.4 is 0 Å². The Bertz CT molecular complexity index is 378. The molecule has 1 atom stereocenters. The van der Waals surface area contributed by atoms with Gasteiger partial charge in [-0.25, -0.2) is 0 Å². The van der Waals surface area contributed by atoms with Gasteiger partial charge in [-0.1, -0.05) is 23.7 Å². The van der Waals surface area contributed by atoms with E-state index in [1.54, 1.807) is 0 Å². The lowest BCUT2D eigenvalue weighted by Crippen LogP contribution is -2.31. The van der Waals surface area contributed by atoms with E-state index in [4.69, 9.17) is 16.3 Å². The highest BCUT2D eigenvalue weighted by Crippen LogP contribution is 2.13. The Balaban J connectivity index is 2.46. The zero-order valence-electron chi connectivity index (χ0n) is 11.1.